The predicted molar refractivity (Wildman–Crippen MR) is 131 cm³/mol. The van der Waals surface area contributed by atoms with E-state index in [-0.39, 0.29) is 12.0 Å². The van der Waals surface area contributed by atoms with Gasteiger partial charge in [0.15, 0.2) is 0 Å². The summed E-state index contributed by atoms with van der Waals surface area (Å²) in [6.45, 7) is 3.88. The molecule has 1 aliphatic carbocycles. The lowest BCUT2D eigenvalue weighted by molar-refractivity contribution is 0.415. The Kier molecular flexibility index (Phi) is 6.03. The van der Waals surface area contributed by atoms with Crippen LogP contribution in [0, 0.1) is 11.8 Å². The lowest BCUT2D eigenvalue weighted by Gasteiger charge is -2.18. The Bertz CT molecular complexity index is 1260. The molecule has 5 rings (SSSR count). The molecule has 180 valence electrons. The predicted octanol–water partition coefficient (Wildman–Crippen LogP) is 3.41. The third-order valence-corrected chi connectivity index (χ3v) is 8.04. The van der Waals surface area contributed by atoms with Crippen molar-refractivity contribution < 1.29 is 12.8 Å². The van der Waals surface area contributed by atoms with E-state index in [1.54, 1.807) is 6.07 Å². The van der Waals surface area contributed by atoms with Crippen LogP contribution in [0.2, 0.25) is 0 Å². The van der Waals surface area contributed by atoms with E-state index in [1.807, 2.05) is 24.3 Å². The molecule has 2 fully saturated rings. The number of aromatic nitrogens is 3. The first-order chi connectivity index (χ1) is 16.3. The van der Waals surface area contributed by atoms with Gasteiger partial charge in [-0.25, -0.2) is 13.4 Å². The van der Waals surface area contributed by atoms with Gasteiger partial charge in [-0.1, -0.05) is 37.3 Å². The van der Waals surface area contributed by atoms with Crippen LogP contribution in [-0.2, 0) is 10.0 Å². The topological polar surface area (TPSA) is 113 Å². The molecule has 0 spiro atoms. The van der Waals surface area contributed by atoms with Gasteiger partial charge in [0.2, 0.25) is 21.8 Å². The number of anilines is 2. The summed E-state index contributed by atoms with van der Waals surface area (Å²) in [5.41, 5.74) is 1.86. The van der Waals surface area contributed by atoms with Gasteiger partial charge in [-0.3, -0.25) is 4.31 Å². The van der Waals surface area contributed by atoms with E-state index in [4.69, 9.17) is 4.42 Å². The van der Waals surface area contributed by atoms with Gasteiger partial charge in [0.05, 0.1) is 12.3 Å². The largest absolute Gasteiger partial charge is 0.419 e. The lowest BCUT2D eigenvalue weighted by Crippen LogP contribution is -2.26. The van der Waals surface area contributed by atoms with Crippen molar-refractivity contribution >= 4 is 21.7 Å². The third-order valence-electron chi connectivity index (χ3n) is 6.86. The van der Waals surface area contributed by atoms with Crippen LogP contribution in [-0.4, -0.2) is 50.0 Å². The van der Waals surface area contributed by atoms with E-state index in [0.717, 1.165) is 30.1 Å². The van der Waals surface area contributed by atoms with Crippen LogP contribution >= 0.6 is 0 Å². The molecule has 1 saturated heterocycles. The number of hydrogen-bond donors (Lipinski definition) is 2. The van der Waals surface area contributed by atoms with E-state index in [0.29, 0.717) is 40.8 Å². The summed E-state index contributed by atoms with van der Waals surface area (Å²) >= 11 is 0. The Morgan fingerprint density at radius 3 is 2.68 bits per heavy atom. The van der Waals surface area contributed by atoms with Crippen LogP contribution in [0.4, 0.5) is 11.6 Å². The van der Waals surface area contributed by atoms with Crippen LogP contribution in [0.15, 0.2) is 46.9 Å². The molecule has 10 heteroatoms. The van der Waals surface area contributed by atoms with E-state index in [1.165, 1.54) is 19.0 Å². The zero-order valence-corrected chi connectivity index (χ0v) is 20.4. The summed E-state index contributed by atoms with van der Waals surface area (Å²) in [6, 6.07) is 13.8. The quantitative estimate of drug-likeness (QED) is 0.502. The Labute approximate surface area is 200 Å². The summed E-state index contributed by atoms with van der Waals surface area (Å²) in [4.78, 5) is 4.52. The van der Waals surface area contributed by atoms with Crippen molar-refractivity contribution in [2.45, 2.75) is 31.7 Å². The maximum atomic E-state index is 12.2. The van der Waals surface area contributed by atoms with E-state index >= 15 is 0 Å². The van der Waals surface area contributed by atoms with Gasteiger partial charge in [0.25, 0.3) is 0 Å². The minimum absolute atomic E-state index is 0.0717. The summed E-state index contributed by atoms with van der Waals surface area (Å²) in [5, 5.41) is 15.5. The van der Waals surface area contributed by atoms with Gasteiger partial charge >= 0.3 is 0 Å². The van der Waals surface area contributed by atoms with Crippen molar-refractivity contribution in [2.24, 2.45) is 11.8 Å². The van der Waals surface area contributed by atoms with Gasteiger partial charge in [-0.2, -0.15) is 0 Å². The van der Waals surface area contributed by atoms with Gasteiger partial charge in [-0.05, 0) is 48.9 Å². The maximum absolute atomic E-state index is 12.2. The molecule has 0 amide bonds. The van der Waals surface area contributed by atoms with Crippen molar-refractivity contribution in [1.29, 1.82) is 0 Å². The molecule has 0 radical (unpaired) electrons. The number of rotatable bonds is 8. The number of nitrogens with zero attached hydrogens (tertiary/aromatic N) is 4. The molecule has 4 atom stereocenters. The number of hydrogen-bond acceptors (Lipinski definition) is 8. The second-order valence-electron chi connectivity index (χ2n) is 9.37. The smallest absolute Gasteiger partial charge is 0.248 e. The van der Waals surface area contributed by atoms with Crippen LogP contribution < -0.4 is 14.9 Å². The highest BCUT2D eigenvalue weighted by molar-refractivity contribution is 7.92. The van der Waals surface area contributed by atoms with E-state index in [9.17, 15) is 8.42 Å². The first-order valence-electron chi connectivity index (χ1n) is 11.6. The second-order valence-corrected chi connectivity index (χ2v) is 11.4. The van der Waals surface area contributed by atoms with Gasteiger partial charge in [0.1, 0.15) is 11.6 Å². The highest BCUT2D eigenvalue weighted by Crippen LogP contribution is 2.39. The normalized spacial score (nSPS) is 24.2. The molecular formula is C24H30N6O3S. The lowest BCUT2D eigenvalue weighted by atomic mass is 9.92. The highest BCUT2D eigenvalue weighted by atomic mass is 32.2. The average Bonchev–Trinajstić information content (AvgIpc) is 3.22. The van der Waals surface area contributed by atoms with Gasteiger partial charge in [0, 0.05) is 25.1 Å². The summed E-state index contributed by atoms with van der Waals surface area (Å²) in [5.74, 6) is 3.30. The first-order valence-corrected chi connectivity index (χ1v) is 13.5. The standard InChI is InChI=1S/C24H30N6O3S/c1-15-11-18(15)14-26-20-12-17(13-21(27-20)30(2)34(3,31)32)23-28-29-24(33-23)22-19(9-10-25-22)16-7-5-4-6-8-16/h4-8,12-13,15,18-19,22,25H,9-11,14H2,1-3H3,(H,26,27). The summed E-state index contributed by atoms with van der Waals surface area (Å²) in [7, 11) is -1.99. The van der Waals surface area contributed by atoms with E-state index < -0.39 is 10.0 Å². The maximum Gasteiger partial charge on any atom is 0.248 e. The molecule has 3 aromatic rings. The monoisotopic (exact) mass is 482 g/mol. The average molecular weight is 483 g/mol. The van der Waals surface area contributed by atoms with Gasteiger partial charge < -0.3 is 15.1 Å². The summed E-state index contributed by atoms with van der Waals surface area (Å²) < 4.78 is 31.6. The molecule has 2 aliphatic rings. The molecule has 1 aliphatic heterocycles. The first kappa shape index (κ1) is 22.8. The zero-order valence-electron chi connectivity index (χ0n) is 19.6. The van der Waals surface area contributed by atoms with Crippen molar-refractivity contribution in [2.75, 3.05) is 36.0 Å². The van der Waals surface area contributed by atoms with Crippen molar-refractivity contribution in [1.82, 2.24) is 20.5 Å². The van der Waals surface area contributed by atoms with Crippen LogP contribution in [0.3, 0.4) is 0 Å². The molecule has 0 bridgehead atoms. The van der Waals surface area contributed by atoms with Crippen molar-refractivity contribution in [3.8, 4) is 11.5 Å². The fourth-order valence-corrected chi connectivity index (χ4v) is 4.91. The van der Waals surface area contributed by atoms with Crippen molar-refractivity contribution in [3.63, 3.8) is 0 Å². The van der Waals surface area contributed by atoms with E-state index in [2.05, 4.69) is 44.9 Å². The molecule has 4 unspecified atom stereocenters. The molecule has 2 aromatic heterocycles. The van der Waals surface area contributed by atoms with Crippen LogP contribution in [0.1, 0.15) is 43.2 Å². The number of benzene rings is 1. The summed E-state index contributed by atoms with van der Waals surface area (Å²) in [6.07, 6.45) is 3.33. The Balaban J connectivity index is 1.44. The third kappa shape index (κ3) is 4.78. The zero-order chi connectivity index (χ0) is 23.9. The van der Waals surface area contributed by atoms with Crippen LogP contribution in [0.5, 0.6) is 0 Å². The minimum atomic E-state index is -3.48. The highest BCUT2D eigenvalue weighted by Gasteiger charge is 2.34. The number of sulfonamides is 1. The fraction of sp³-hybridized carbons (Fsp3) is 0.458. The molecule has 1 saturated carbocycles. The molecule has 34 heavy (non-hydrogen) atoms. The number of pyridine rings is 1. The molecule has 2 N–H and O–H groups in total. The molecule has 3 heterocycles. The second kappa shape index (κ2) is 8.99. The Hall–Kier alpha value is -2.98. The number of nitrogens with one attached hydrogen (secondary N) is 2. The Morgan fingerprint density at radius 1 is 1.21 bits per heavy atom. The molecule has 9 nitrogen and oxygen atoms in total. The van der Waals surface area contributed by atoms with Crippen molar-refractivity contribution in [3.05, 3.63) is 53.9 Å². The fourth-order valence-electron chi connectivity index (χ4n) is 4.48. The molecule has 1 aromatic carbocycles. The Morgan fingerprint density at radius 2 is 1.97 bits per heavy atom. The van der Waals surface area contributed by atoms with Gasteiger partial charge in [-0.15, -0.1) is 10.2 Å². The SMILES string of the molecule is CC1CC1CNc1cc(-c2nnc(C3NCCC3c3ccccc3)o2)cc(N(C)S(C)(=O)=O)n1. The molecular weight excluding hydrogens is 452 g/mol. The van der Waals surface area contributed by atoms with Crippen LogP contribution in [0.25, 0.3) is 11.5 Å². The minimum Gasteiger partial charge on any atom is -0.419 e.